The molecule has 0 aromatic carbocycles. The number of aromatic nitrogens is 1. The summed E-state index contributed by atoms with van der Waals surface area (Å²) >= 11 is 1.24. The maximum atomic E-state index is 12.6. The van der Waals surface area contributed by atoms with E-state index in [1.165, 1.54) is 18.3 Å². The van der Waals surface area contributed by atoms with Gasteiger partial charge in [0.05, 0.1) is 23.9 Å². The minimum Gasteiger partial charge on any atom is -0.467 e. The lowest BCUT2D eigenvalue weighted by atomic mass is 10.2. The first-order chi connectivity index (χ1) is 13.4. The summed E-state index contributed by atoms with van der Waals surface area (Å²) in [6.45, 7) is 5.71. The summed E-state index contributed by atoms with van der Waals surface area (Å²) in [4.78, 5) is 24.9. The van der Waals surface area contributed by atoms with Crippen LogP contribution >= 0.6 is 11.3 Å². The van der Waals surface area contributed by atoms with Crippen LogP contribution in [0.25, 0.3) is 0 Å². The third-order valence-electron chi connectivity index (χ3n) is 4.36. The number of amides is 1. The molecule has 1 N–H and O–H groups in total. The number of nitrogens with zero attached hydrogens (tertiary/aromatic N) is 2. The Labute approximate surface area is 166 Å². The molecule has 0 aliphatic rings. The zero-order valence-electron chi connectivity index (χ0n) is 15.7. The number of nitriles is 1. The largest absolute Gasteiger partial charge is 0.467 e. The Balaban J connectivity index is 1.69. The molecule has 0 fully saturated rings. The lowest BCUT2D eigenvalue weighted by Gasteiger charge is -2.13. The second-order valence-electron chi connectivity index (χ2n) is 6.26. The second kappa shape index (κ2) is 8.15. The molecule has 0 radical (unpaired) electrons. The fourth-order valence-corrected chi connectivity index (χ4v) is 3.54. The third kappa shape index (κ3) is 4.00. The van der Waals surface area contributed by atoms with Crippen LogP contribution < -0.4 is 5.32 Å². The van der Waals surface area contributed by atoms with E-state index in [9.17, 15) is 9.59 Å². The summed E-state index contributed by atoms with van der Waals surface area (Å²) in [5.41, 5.74) is 2.39. The van der Waals surface area contributed by atoms with Gasteiger partial charge in [-0.3, -0.25) is 4.79 Å². The maximum absolute atomic E-state index is 12.6. The standard InChI is InChI=1S/C20H19N3O4S/c1-12-9-17(13(2)23(12)11-16-5-4-7-26-16)20(25)27-14(3)18(24)22-19-15(10-21)6-8-28-19/h4-9,14H,11H2,1-3H3,(H,22,24)/t14-/m1/s1. The van der Waals surface area contributed by atoms with Gasteiger partial charge in [-0.25, -0.2) is 4.79 Å². The fraction of sp³-hybridized carbons (Fsp3) is 0.250. The van der Waals surface area contributed by atoms with E-state index >= 15 is 0 Å². The number of rotatable bonds is 6. The summed E-state index contributed by atoms with van der Waals surface area (Å²) < 4.78 is 12.7. The quantitative estimate of drug-likeness (QED) is 0.637. The van der Waals surface area contributed by atoms with E-state index in [2.05, 4.69) is 5.32 Å². The fourth-order valence-electron chi connectivity index (χ4n) is 2.79. The van der Waals surface area contributed by atoms with Crippen molar-refractivity contribution in [1.82, 2.24) is 4.57 Å². The Kier molecular flexibility index (Phi) is 5.66. The molecule has 0 saturated heterocycles. The van der Waals surface area contributed by atoms with Crippen LogP contribution in [-0.2, 0) is 16.1 Å². The molecule has 7 nitrogen and oxygen atoms in total. The van der Waals surface area contributed by atoms with Crippen LogP contribution in [0.1, 0.15) is 40.0 Å². The minimum atomic E-state index is -1.01. The number of hydrogen-bond acceptors (Lipinski definition) is 6. The van der Waals surface area contributed by atoms with Crippen LogP contribution in [0, 0.1) is 25.2 Å². The van der Waals surface area contributed by atoms with E-state index in [0.717, 1.165) is 17.1 Å². The van der Waals surface area contributed by atoms with E-state index < -0.39 is 18.0 Å². The average Bonchev–Trinajstić information content (AvgIpc) is 3.39. The number of ether oxygens (including phenoxy) is 1. The molecule has 0 bridgehead atoms. The highest BCUT2D eigenvalue weighted by Crippen LogP contribution is 2.23. The number of carbonyl (C=O) groups is 2. The predicted molar refractivity (Wildman–Crippen MR) is 104 cm³/mol. The number of carbonyl (C=O) groups excluding carboxylic acids is 2. The van der Waals surface area contributed by atoms with Crippen LogP contribution in [0.15, 0.2) is 40.3 Å². The molecule has 0 aliphatic heterocycles. The summed E-state index contributed by atoms with van der Waals surface area (Å²) in [5.74, 6) is -0.288. The van der Waals surface area contributed by atoms with Crippen molar-refractivity contribution in [3.8, 4) is 6.07 Å². The van der Waals surface area contributed by atoms with E-state index in [0.29, 0.717) is 22.7 Å². The van der Waals surface area contributed by atoms with E-state index in [-0.39, 0.29) is 0 Å². The van der Waals surface area contributed by atoms with Gasteiger partial charge >= 0.3 is 5.97 Å². The maximum Gasteiger partial charge on any atom is 0.340 e. The highest BCUT2D eigenvalue weighted by Gasteiger charge is 2.23. The SMILES string of the molecule is Cc1cc(C(=O)O[C@H](C)C(=O)Nc2sccc2C#N)c(C)n1Cc1ccco1. The van der Waals surface area contributed by atoms with E-state index in [1.54, 1.807) is 23.8 Å². The van der Waals surface area contributed by atoms with E-state index in [4.69, 9.17) is 14.4 Å². The second-order valence-corrected chi connectivity index (χ2v) is 7.18. The molecule has 144 valence electrons. The highest BCUT2D eigenvalue weighted by molar-refractivity contribution is 7.14. The molecule has 3 rings (SSSR count). The molecule has 0 saturated carbocycles. The molecule has 3 aromatic rings. The van der Waals surface area contributed by atoms with Gasteiger partial charge in [-0.2, -0.15) is 5.26 Å². The van der Waals surface area contributed by atoms with Gasteiger partial charge in [0.15, 0.2) is 6.10 Å². The van der Waals surface area contributed by atoms with E-state index in [1.807, 2.05) is 36.6 Å². The zero-order valence-corrected chi connectivity index (χ0v) is 16.5. The molecule has 28 heavy (non-hydrogen) atoms. The Bertz CT molecular complexity index is 1040. The van der Waals surface area contributed by atoms with Crippen molar-refractivity contribution in [2.24, 2.45) is 0 Å². The van der Waals surface area contributed by atoms with Gasteiger partial charge in [-0.1, -0.05) is 0 Å². The Morgan fingerprint density at radius 3 is 2.86 bits per heavy atom. The first-order valence-corrected chi connectivity index (χ1v) is 9.47. The Morgan fingerprint density at radius 1 is 1.39 bits per heavy atom. The smallest absolute Gasteiger partial charge is 0.340 e. The van der Waals surface area contributed by atoms with Gasteiger partial charge in [0, 0.05) is 11.4 Å². The molecule has 1 atom stereocenters. The summed E-state index contributed by atoms with van der Waals surface area (Å²) in [6.07, 6.45) is 0.596. The van der Waals surface area contributed by atoms with Crippen molar-refractivity contribution in [2.45, 2.75) is 33.4 Å². The summed E-state index contributed by atoms with van der Waals surface area (Å²) in [6, 6.07) is 9.02. The van der Waals surface area contributed by atoms with Crippen LogP contribution in [-0.4, -0.2) is 22.5 Å². The van der Waals surface area contributed by atoms with Gasteiger partial charge in [0.1, 0.15) is 16.8 Å². The topological polar surface area (TPSA) is 97.3 Å². The molecule has 0 aliphatic carbocycles. The molecule has 3 aromatic heterocycles. The van der Waals surface area contributed by atoms with Crippen molar-refractivity contribution in [2.75, 3.05) is 5.32 Å². The average molecular weight is 397 g/mol. The number of thiophene rings is 1. The molecule has 8 heteroatoms. The van der Waals surface area contributed by atoms with Gasteiger partial charge in [-0.05, 0) is 50.4 Å². The van der Waals surface area contributed by atoms with Gasteiger partial charge in [0.2, 0.25) is 0 Å². The first kappa shape index (κ1) is 19.5. The molecular formula is C20H19N3O4S. The van der Waals surface area contributed by atoms with Crippen molar-refractivity contribution < 1.29 is 18.7 Å². The molecule has 0 unspecified atom stereocenters. The summed E-state index contributed by atoms with van der Waals surface area (Å²) in [5, 5.41) is 13.8. The van der Waals surface area contributed by atoms with Crippen LogP contribution in [0.5, 0.6) is 0 Å². The number of aryl methyl sites for hydroxylation is 1. The number of furan rings is 1. The lowest BCUT2D eigenvalue weighted by Crippen LogP contribution is -2.30. The zero-order chi connectivity index (χ0) is 20.3. The van der Waals surface area contributed by atoms with Crippen molar-refractivity contribution in [3.05, 3.63) is 64.2 Å². The minimum absolute atomic E-state index is 0.373. The first-order valence-electron chi connectivity index (χ1n) is 8.59. The third-order valence-corrected chi connectivity index (χ3v) is 5.19. The molecule has 0 spiro atoms. The molecular weight excluding hydrogens is 378 g/mol. The number of nitrogens with one attached hydrogen (secondary N) is 1. The van der Waals surface area contributed by atoms with Crippen LogP contribution in [0.3, 0.4) is 0 Å². The van der Waals surface area contributed by atoms with Gasteiger partial charge < -0.3 is 19.0 Å². The normalized spacial score (nSPS) is 11.6. The Morgan fingerprint density at radius 2 is 2.18 bits per heavy atom. The number of esters is 1. The van der Waals surface area contributed by atoms with Crippen LogP contribution in [0.4, 0.5) is 5.00 Å². The van der Waals surface area contributed by atoms with Crippen molar-refractivity contribution in [1.29, 1.82) is 5.26 Å². The highest BCUT2D eigenvalue weighted by atomic mass is 32.1. The van der Waals surface area contributed by atoms with Crippen molar-refractivity contribution in [3.63, 3.8) is 0 Å². The summed E-state index contributed by atoms with van der Waals surface area (Å²) in [7, 11) is 0. The van der Waals surface area contributed by atoms with Gasteiger partial charge in [0.25, 0.3) is 5.91 Å². The number of anilines is 1. The lowest BCUT2D eigenvalue weighted by molar-refractivity contribution is -0.123. The van der Waals surface area contributed by atoms with Crippen LogP contribution in [0.2, 0.25) is 0 Å². The Hall–Kier alpha value is -3.31. The predicted octanol–water partition coefficient (Wildman–Crippen LogP) is 3.86. The molecule has 1 amide bonds. The molecule has 3 heterocycles. The monoisotopic (exact) mass is 397 g/mol. The number of hydrogen-bond donors (Lipinski definition) is 1. The van der Waals surface area contributed by atoms with Crippen molar-refractivity contribution >= 4 is 28.2 Å². The van der Waals surface area contributed by atoms with Gasteiger partial charge in [-0.15, -0.1) is 11.3 Å².